The first-order valence-electron chi connectivity index (χ1n) is 3.30. The summed E-state index contributed by atoms with van der Waals surface area (Å²) in [5, 5.41) is 0. The first kappa shape index (κ1) is 39.4. The summed E-state index contributed by atoms with van der Waals surface area (Å²) in [6, 6.07) is 0. The van der Waals surface area contributed by atoms with Gasteiger partial charge in [0.1, 0.15) is 0 Å². The molecule has 0 amide bonds. The van der Waals surface area contributed by atoms with Crippen molar-refractivity contribution in [1.29, 1.82) is 0 Å². The van der Waals surface area contributed by atoms with Crippen molar-refractivity contribution in [3.63, 3.8) is 0 Å². The van der Waals surface area contributed by atoms with Crippen LogP contribution in [0.2, 0.25) is 0 Å². The van der Waals surface area contributed by atoms with Crippen molar-refractivity contribution in [3.05, 3.63) is 0 Å². The van der Waals surface area contributed by atoms with E-state index < -0.39 is 15.2 Å². The van der Waals surface area contributed by atoms with Gasteiger partial charge in [-0.25, -0.2) is 0 Å². The summed E-state index contributed by atoms with van der Waals surface area (Å²) in [7, 11) is -8.00. The number of hydrogen-bond acceptors (Lipinski definition) is 2. The number of hydrogen-bond donors (Lipinski definition) is 4. The molecule has 0 spiro atoms. The van der Waals surface area contributed by atoms with E-state index in [1.54, 1.807) is 0 Å². The molecule has 0 unspecified atom stereocenters. The molecule has 0 heterocycles. The average molecular weight is 459 g/mol. The molecule has 13 heteroatoms. The van der Waals surface area contributed by atoms with Gasteiger partial charge in [0.15, 0.2) is 0 Å². The van der Waals surface area contributed by atoms with Crippen LogP contribution in [-0.2, 0) is 9.13 Å². The number of halogens is 1. The standard InChI is InChI=1S/C4H12O6P2.BrH.4K.4H/c5-11(6,7)3-1-2-4-12(8,9)10;;;;;;;;;/h1-4H2,(H2,5,6,7)(H2,8,9,10);1H;;;;;;;;/q;;4*+1;4*-1. The monoisotopic (exact) mass is 458 g/mol. The summed E-state index contributed by atoms with van der Waals surface area (Å²) in [4.78, 5) is 33.5. The predicted molar refractivity (Wildman–Crippen MR) is 57.8 cm³/mol. The van der Waals surface area contributed by atoms with Crippen molar-refractivity contribution >= 4 is 32.2 Å². The largest absolute Gasteiger partial charge is 1.00 e. The molecule has 0 aliphatic carbocycles. The Balaban J connectivity index is -0.0000000168. The Morgan fingerprint density at radius 3 is 1.00 bits per heavy atom. The molecular weight excluding hydrogens is 442 g/mol. The minimum absolute atomic E-state index is 0. The van der Waals surface area contributed by atoms with Crippen LogP contribution in [0.25, 0.3) is 0 Å². The van der Waals surface area contributed by atoms with E-state index in [2.05, 4.69) is 0 Å². The van der Waals surface area contributed by atoms with Crippen LogP contribution in [0.1, 0.15) is 18.5 Å². The Kier molecular flexibility index (Phi) is 49.5. The fraction of sp³-hybridized carbons (Fsp3) is 1.00. The quantitative estimate of drug-likeness (QED) is 0.185. The van der Waals surface area contributed by atoms with E-state index in [4.69, 9.17) is 19.6 Å². The van der Waals surface area contributed by atoms with Gasteiger partial charge in [-0.15, -0.1) is 17.0 Å². The van der Waals surface area contributed by atoms with Crippen LogP contribution < -0.4 is 206 Å². The molecule has 0 bridgehead atoms. The van der Waals surface area contributed by atoms with Crippen LogP contribution in [-0.4, -0.2) is 31.9 Å². The molecule has 6 nitrogen and oxygen atoms in total. The molecule has 0 aliphatic rings. The van der Waals surface area contributed by atoms with Crippen molar-refractivity contribution in [1.82, 2.24) is 0 Å². The van der Waals surface area contributed by atoms with Gasteiger partial charge >= 0.3 is 221 Å². The van der Waals surface area contributed by atoms with Gasteiger partial charge in [-0.3, -0.25) is 9.13 Å². The molecule has 0 saturated heterocycles. The van der Waals surface area contributed by atoms with Crippen LogP contribution in [0.4, 0.5) is 0 Å². The van der Waals surface area contributed by atoms with Gasteiger partial charge in [-0.05, 0) is 12.8 Å². The molecule has 0 aliphatic heterocycles. The minimum atomic E-state index is -4.00. The summed E-state index contributed by atoms with van der Waals surface area (Å²) >= 11 is 0. The van der Waals surface area contributed by atoms with E-state index in [9.17, 15) is 9.13 Å². The maximum absolute atomic E-state index is 10.3. The SMILES string of the molecule is Br.O=P(O)(O)CCCCP(=O)(O)O.[H-].[H-].[H-].[H-].[K+].[K+].[K+].[K+]. The zero-order valence-corrected chi connectivity index (χ0v) is 26.7. The van der Waals surface area contributed by atoms with Crippen molar-refractivity contribution < 1.29 is 240 Å². The van der Waals surface area contributed by atoms with Crippen molar-refractivity contribution in [3.8, 4) is 0 Å². The Hall–Kier alpha value is 7.33. The summed E-state index contributed by atoms with van der Waals surface area (Å²) in [5.74, 6) is 0. The van der Waals surface area contributed by atoms with Gasteiger partial charge in [0.25, 0.3) is 0 Å². The third-order valence-electron chi connectivity index (χ3n) is 1.15. The Labute approximate surface area is 288 Å². The second-order valence-electron chi connectivity index (χ2n) is 2.48. The zero-order chi connectivity index (χ0) is 9.83. The van der Waals surface area contributed by atoms with E-state index in [1.165, 1.54) is 0 Å². The fourth-order valence-electron chi connectivity index (χ4n) is 0.636. The Bertz CT molecular complexity index is 223. The van der Waals surface area contributed by atoms with E-state index in [1.807, 2.05) is 0 Å². The number of unbranched alkanes of at least 4 members (excludes halogenated alkanes) is 1. The van der Waals surface area contributed by atoms with Crippen LogP contribution in [0.5, 0.6) is 0 Å². The van der Waals surface area contributed by atoms with Crippen LogP contribution in [0, 0.1) is 0 Å². The molecule has 4 N–H and O–H groups in total. The second kappa shape index (κ2) is 21.4. The molecule has 0 aromatic carbocycles. The molecule has 0 fully saturated rings. The van der Waals surface area contributed by atoms with E-state index in [0.29, 0.717) is 0 Å². The van der Waals surface area contributed by atoms with Crippen LogP contribution >= 0.6 is 32.2 Å². The first-order chi connectivity index (χ1) is 5.21. The molecular formula is C4H17BrK4O6P2. The Morgan fingerprint density at radius 1 is 0.706 bits per heavy atom. The van der Waals surface area contributed by atoms with Gasteiger partial charge in [0.05, 0.1) is 0 Å². The van der Waals surface area contributed by atoms with Crippen LogP contribution in [0.3, 0.4) is 0 Å². The fourth-order valence-corrected chi connectivity index (χ4v) is 1.91. The average Bonchev–Trinajstić information content (AvgIpc) is 1.76. The molecule has 17 heavy (non-hydrogen) atoms. The molecule has 0 radical (unpaired) electrons. The molecule has 0 saturated carbocycles. The van der Waals surface area contributed by atoms with Gasteiger partial charge in [-0.2, -0.15) is 0 Å². The van der Waals surface area contributed by atoms with Crippen molar-refractivity contribution in [2.75, 3.05) is 12.3 Å². The molecule has 0 aromatic heterocycles. The second-order valence-corrected chi connectivity index (χ2v) is 6.04. The molecule has 0 atom stereocenters. The van der Waals surface area contributed by atoms with Crippen LogP contribution in [0.15, 0.2) is 0 Å². The Morgan fingerprint density at radius 2 is 0.882 bits per heavy atom. The topological polar surface area (TPSA) is 115 Å². The summed E-state index contributed by atoms with van der Waals surface area (Å²) in [5.41, 5.74) is 0. The smallest absolute Gasteiger partial charge is 1.00 e. The van der Waals surface area contributed by atoms with E-state index in [0.717, 1.165) is 0 Å². The van der Waals surface area contributed by atoms with E-state index in [-0.39, 0.29) is 253 Å². The van der Waals surface area contributed by atoms with Gasteiger partial charge in [-0.1, -0.05) is 0 Å². The number of rotatable bonds is 5. The summed E-state index contributed by atoms with van der Waals surface area (Å²) < 4.78 is 20.5. The third-order valence-corrected chi connectivity index (χ3v) is 2.95. The van der Waals surface area contributed by atoms with Gasteiger partial charge in [0, 0.05) is 12.3 Å². The summed E-state index contributed by atoms with van der Waals surface area (Å²) in [6.07, 6.45) is -0.356. The van der Waals surface area contributed by atoms with Crippen molar-refractivity contribution in [2.45, 2.75) is 12.8 Å². The maximum atomic E-state index is 10.3. The normalized spacial score (nSPS) is 9.41. The van der Waals surface area contributed by atoms with Crippen molar-refractivity contribution in [2.24, 2.45) is 0 Å². The molecule has 0 rings (SSSR count). The molecule has 90 valence electrons. The minimum Gasteiger partial charge on any atom is -1.00 e. The molecule has 0 aromatic rings. The maximum Gasteiger partial charge on any atom is 1.00 e. The van der Waals surface area contributed by atoms with Gasteiger partial charge in [0.2, 0.25) is 0 Å². The predicted octanol–water partition coefficient (Wildman–Crippen LogP) is -10.8. The third kappa shape index (κ3) is 39.8. The van der Waals surface area contributed by atoms with E-state index >= 15 is 0 Å². The first-order valence-corrected chi connectivity index (χ1v) is 6.89. The summed E-state index contributed by atoms with van der Waals surface area (Å²) in [6.45, 7) is 0. The van der Waals surface area contributed by atoms with Gasteiger partial charge < -0.3 is 25.3 Å². The zero-order valence-electron chi connectivity index (χ0n) is 14.7.